The quantitative estimate of drug-likeness (QED) is 0.807. The highest BCUT2D eigenvalue weighted by Crippen LogP contribution is 2.37. The first kappa shape index (κ1) is 14.6. The minimum Gasteiger partial charge on any atom is -0.504 e. The SMILES string of the molecule is Cc1c(B2OC(C)(C)C(C)(C)O2)cc(Cl)c(O)c1F. The summed E-state index contributed by atoms with van der Waals surface area (Å²) in [5.74, 6) is -1.28. The van der Waals surface area contributed by atoms with Crippen LogP contribution < -0.4 is 5.46 Å². The molecule has 1 aliphatic heterocycles. The molecule has 1 N–H and O–H groups in total. The second-order valence-corrected chi connectivity index (χ2v) is 6.23. The number of rotatable bonds is 1. The van der Waals surface area contributed by atoms with Crippen LogP contribution in [0.5, 0.6) is 5.75 Å². The third-order valence-corrected chi connectivity index (χ3v) is 4.27. The first-order chi connectivity index (χ1) is 8.57. The molecule has 0 spiro atoms. The van der Waals surface area contributed by atoms with Gasteiger partial charge in [0.15, 0.2) is 11.6 Å². The fourth-order valence-corrected chi connectivity index (χ4v) is 2.14. The van der Waals surface area contributed by atoms with Gasteiger partial charge in [0.25, 0.3) is 0 Å². The van der Waals surface area contributed by atoms with Gasteiger partial charge in [-0.1, -0.05) is 11.6 Å². The Kier molecular flexibility index (Phi) is 3.36. The molecule has 19 heavy (non-hydrogen) atoms. The maximum absolute atomic E-state index is 13.8. The van der Waals surface area contributed by atoms with Crippen molar-refractivity contribution in [2.24, 2.45) is 0 Å². The topological polar surface area (TPSA) is 38.7 Å². The Morgan fingerprint density at radius 3 is 2.16 bits per heavy atom. The molecule has 1 saturated heterocycles. The third kappa shape index (κ3) is 2.24. The summed E-state index contributed by atoms with van der Waals surface area (Å²) < 4.78 is 25.5. The monoisotopic (exact) mass is 286 g/mol. The molecule has 0 bridgehead atoms. The van der Waals surface area contributed by atoms with Gasteiger partial charge in [0.05, 0.1) is 16.2 Å². The predicted molar refractivity (Wildman–Crippen MR) is 73.5 cm³/mol. The van der Waals surface area contributed by atoms with Crippen LogP contribution in [-0.4, -0.2) is 23.4 Å². The number of phenolic OH excluding ortho intramolecular Hbond substituents is 1. The zero-order valence-corrected chi connectivity index (χ0v) is 12.4. The van der Waals surface area contributed by atoms with Crippen molar-refractivity contribution in [3.63, 3.8) is 0 Å². The Morgan fingerprint density at radius 1 is 1.21 bits per heavy atom. The molecule has 1 fully saturated rings. The van der Waals surface area contributed by atoms with Gasteiger partial charge < -0.3 is 14.4 Å². The van der Waals surface area contributed by atoms with Crippen LogP contribution in [0.25, 0.3) is 0 Å². The van der Waals surface area contributed by atoms with E-state index >= 15 is 0 Å². The van der Waals surface area contributed by atoms with E-state index in [0.29, 0.717) is 5.46 Å². The van der Waals surface area contributed by atoms with Crippen molar-refractivity contribution >= 4 is 24.2 Å². The van der Waals surface area contributed by atoms with Crippen LogP contribution in [0.3, 0.4) is 0 Å². The molecule has 0 radical (unpaired) electrons. The summed E-state index contributed by atoms with van der Waals surface area (Å²) in [5.41, 5.74) is -0.241. The number of aromatic hydroxyl groups is 1. The van der Waals surface area contributed by atoms with E-state index in [1.807, 2.05) is 27.7 Å². The molecule has 1 aromatic carbocycles. The molecule has 0 amide bonds. The lowest BCUT2D eigenvalue weighted by atomic mass is 9.76. The number of hydrogen-bond acceptors (Lipinski definition) is 3. The molecule has 0 aliphatic carbocycles. The maximum atomic E-state index is 13.8. The Labute approximate surface area is 117 Å². The molecular formula is C13H17BClFO3. The van der Waals surface area contributed by atoms with Gasteiger partial charge in [0, 0.05) is 0 Å². The van der Waals surface area contributed by atoms with Crippen LogP contribution >= 0.6 is 11.6 Å². The summed E-state index contributed by atoms with van der Waals surface area (Å²) in [6.07, 6.45) is 0. The molecule has 1 aliphatic rings. The Bertz CT molecular complexity index is 515. The summed E-state index contributed by atoms with van der Waals surface area (Å²) in [4.78, 5) is 0. The van der Waals surface area contributed by atoms with E-state index < -0.39 is 29.9 Å². The fourth-order valence-electron chi connectivity index (χ4n) is 1.94. The van der Waals surface area contributed by atoms with Crippen LogP contribution in [0, 0.1) is 12.7 Å². The smallest absolute Gasteiger partial charge is 0.495 e. The van der Waals surface area contributed by atoms with Crippen molar-refractivity contribution in [1.29, 1.82) is 0 Å². The average Bonchev–Trinajstić information content (AvgIpc) is 2.50. The minimum atomic E-state index is -0.739. The Balaban J connectivity index is 2.46. The normalized spacial score (nSPS) is 20.9. The molecule has 1 aromatic rings. The van der Waals surface area contributed by atoms with Crippen LogP contribution in [0.2, 0.25) is 5.02 Å². The molecule has 3 nitrogen and oxygen atoms in total. The molecule has 2 rings (SSSR count). The predicted octanol–water partition coefficient (Wildman–Crippen LogP) is 2.79. The van der Waals surface area contributed by atoms with Crippen LogP contribution in [0.1, 0.15) is 33.3 Å². The third-order valence-electron chi connectivity index (χ3n) is 3.99. The van der Waals surface area contributed by atoms with Crippen molar-refractivity contribution in [1.82, 2.24) is 0 Å². The zero-order valence-electron chi connectivity index (χ0n) is 11.7. The van der Waals surface area contributed by atoms with E-state index in [-0.39, 0.29) is 10.6 Å². The number of hydrogen-bond donors (Lipinski definition) is 1. The van der Waals surface area contributed by atoms with Gasteiger partial charge in [-0.2, -0.15) is 0 Å². The van der Waals surface area contributed by atoms with E-state index in [9.17, 15) is 9.50 Å². The highest BCUT2D eigenvalue weighted by molar-refractivity contribution is 6.63. The maximum Gasteiger partial charge on any atom is 0.495 e. The van der Waals surface area contributed by atoms with Gasteiger partial charge in [0.1, 0.15) is 0 Å². The van der Waals surface area contributed by atoms with Gasteiger partial charge in [-0.15, -0.1) is 0 Å². The molecule has 0 atom stereocenters. The van der Waals surface area contributed by atoms with Gasteiger partial charge in [-0.3, -0.25) is 0 Å². The highest BCUT2D eigenvalue weighted by atomic mass is 35.5. The summed E-state index contributed by atoms with van der Waals surface area (Å²) in [6, 6.07) is 1.48. The molecular weight excluding hydrogens is 269 g/mol. The van der Waals surface area contributed by atoms with Crippen LogP contribution in [0.15, 0.2) is 6.07 Å². The zero-order chi connectivity index (χ0) is 14.6. The standard InChI is InChI=1S/C13H17BClFO3/c1-7-8(6-9(15)11(17)10(7)16)14-18-12(2,3)13(4,5)19-14/h6,17H,1-5H3. The van der Waals surface area contributed by atoms with Crippen LogP contribution in [0.4, 0.5) is 4.39 Å². The first-order valence-electron chi connectivity index (χ1n) is 6.10. The summed E-state index contributed by atoms with van der Waals surface area (Å²) in [7, 11) is -0.697. The van der Waals surface area contributed by atoms with Gasteiger partial charge in [-0.05, 0) is 51.7 Å². The van der Waals surface area contributed by atoms with Crippen molar-refractivity contribution < 1.29 is 18.8 Å². The number of phenols is 1. The fraction of sp³-hybridized carbons (Fsp3) is 0.538. The van der Waals surface area contributed by atoms with E-state index in [4.69, 9.17) is 20.9 Å². The lowest BCUT2D eigenvalue weighted by Gasteiger charge is -2.32. The van der Waals surface area contributed by atoms with Gasteiger partial charge >= 0.3 is 7.12 Å². The van der Waals surface area contributed by atoms with Crippen molar-refractivity contribution in [3.8, 4) is 5.75 Å². The Morgan fingerprint density at radius 2 is 1.68 bits per heavy atom. The van der Waals surface area contributed by atoms with Gasteiger partial charge in [-0.25, -0.2) is 4.39 Å². The molecule has 0 saturated carbocycles. The van der Waals surface area contributed by atoms with E-state index in [1.54, 1.807) is 6.92 Å². The highest BCUT2D eigenvalue weighted by Gasteiger charge is 2.52. The molecule has 0 unspecified atom stereocenters. The van der Waals surface area contributed by atoms with Crippen molar-refractivity contribution in [2.75, 3.05) is 0 Å². The number of benzene rings is 1. The summed E-state index contributed by atoms with van der Waals surface area (Å²) in [6.45, 7) is 9.23. The van der Waals surface area contributed by atoms with E-state index in [1.165, 1.54) is 6.07 Å². The second-order valence-electron chi connectivity index (χ2n) is 5.82. The molecule has 6 heteroatoms. The lowest BCUT2D eigenvalue weighted by Crippen LogP contribution is -2.41. The number of halogens is 2. The molecule has 1 heterocycles. The van der Waals surface area contributed by atoms with Crippen molar-refractivity contribution in [2.45, 2.75) is 45.8 Å². The van der Waals surface area contributed by atoms with Crippen molar-refractivity contribution in [3.05, 3.63) is 22.5 Å². The van der Waals surface area contributed by atoms with E-state index in [2.05, 4.69) is 0 Å². The van der Waals surface area contributed by atoms with Gasteiger partial charge in [0.2, 0.25) is 0 Å². The van der Waals surface area contributed by atoms with Crippen LogP contribution in [-0.2, 0) is 9.31 Å². The minimum absolute atomic E-state index is 0.0483. The summed E-state index contributed by atoms with van der Waals surface area (Å²) >= 11 is 5.81. The lowest BCUT2D eigenvalue weighted by molar-refractivity contribution is 0.00578. The van der Waals surface area contributed by atoms with E-state index in [0.717, 1.165) is 0 Å². The Hall–Kier alpha value is -0.775. The molecule has 0 aromatic heterocycles. The molecule has 104 valence electrons. The summed E-state index contributed by atoms with van der Waals surface area (Å²) in [5, 5.41) is 9.42. The average molecular weight is 287 g/mol. The first-order valence-corrected chi connectivity index (χ1v) is 6.48. The second kappa shape index (κ2) is 4.37. The largest absolute Gasteiger partial charge is 0.504 e.